The summed E-state index contributed by atoms with van der Waals surface area (Å²) in [6, 6.07) is 6.98. The van der Waals surface area contributed by atoms with Crippen molar-refractivity contribution in [3.05, 3.63) is 164 Å². The van der Waals surface area contributed by atoms with E-state index >= 15 is 28.8 Å². The van der Waals surface area contributed by atoms with Gasteiger partial charge in [0.2, 0.25) is 53.0 Å². The molecule has 0 spiro atoms. The quantitative estimate of drug-likeness (QED) is 0.0304. The highest BCUT2D eigenvalue weighted by Gasteiger charge is 2.42. The van der Waals surface area contributed by atoms with Crippen molar-refractivity contribution in [1.29, 1.82) is 0 Å². The number of hydrogen-bond donors (Lipinski definition) is 17. The molecular formula is C80H92Cl2N12O18. The van der Waals surface area contributed by atoms with Crippen LogP contribution in [0.2, 0.25) is 10.0 Å². The predicted octanol–water partition coefficient (Wildman–Crippen LogP) is 7.89. The first kappa shape index (κ1) is 81.9. The summed E-state index contributed by atoms with van der Waals surface area (Å²) in [6.45, 7) is 2.54. The van der Waals surface area contributed by atoms with Crippen molar-refractivity contribution in [2.45, 2.75) is 151 Å². The summed E-state index contributed by atoms with van der Waals surface area (Å²) < 4.78 is 18.8. The lowest BCUT2D eigenvalue weighted by Gasteiger charge is -2.32. The molecule has 0 saturated heterocycles. The highest BCUT2D eigenvalue weighted by atomic mass is 35.5. The van der Waals surface area contributed by atoms with E-state index in [1.807, 2.05) is 19.0 Å². The van der Waals surface area contributed by atoms with Gasteiger partial charge in [-0.15, -0.1) is 0 Å². The molecule has 0 aromatic heterocycles. The molecule has 0 radical (unpaired) electrons. The minimum atomic E-state index is -2.21. The first-order chi connectivity index (χ1) is 53.6. The number of aromatic hydroxyl groups is 6. The number of phenolic OH excluding ortho intramolecular Hbond substituents is 6. The molecule has 594 valence electrons. The first-order valence-electron chi connectivity index (χ1n) is 37.1. The summed E-state index contributed by atoms with van der Waals surface area (Å²) >= 11 is 14.0. The molecule has 32 heteroatoms. The number of aliphatic hydroxyl groups excluding tert-OH is 1. The maximum absolute atomic E-state index is 16.3. The topological polar surface area (TPSA) is 475 Å². The summed E-state index contributed by atoms with van der Waals surface area (Å²) in [4.78, 5) is 126. The molecule has 9 atom stereocenters. The number of carbonyl (C=O) groups excluding carboxylic acids is 8. The predicted molar refractivity (Wildman–Crippen MR) is 412 cm³/mol. The van der Waals surface area contributed by atoms with E-state index in [9.17, 15) is 45.3 Å². The Morgan fingerprint density at radius 3 is 1.84 bits per heavy atom. The molecule has 17 bridgehead atoms. The number of rotatable bonds is 21. The van der Waals surface area contributed by atoms with Gasteiger partial charge in [0.05, 0.1) is 28.2 Å². The number of nitrogens with zero attached hydrogens (tertiary/aromatic N) is 2. The summed E-state index contributed by atoms with van der Waals surface area (Å²) in [5, 5.41) is 104. The zero-order chi connectivity index (χ0) is 80.4. The van der Waals surface area contributed by atoms with Crippen molar-refractivity contribution in [1.82, 2.24) is 47.0 Å². The third-order valence-corrected chi connectivity index (χ3v) is 20.6. The Kier molecular flexibility index (Phi) is 26.6. The van der Waals surface area contributed by atoms with E-state index in [4.69, 9.17) is 54.6 Å². The monoisotopic (exact) mass is 1580 g/mol. The molecule has 8 amide bonds. The first-order valence-corrected chi connectivity index (χ1v) is 37.8. The second-order valence-electron chi connectivity index (χ2n) is 28.6. The van der Waals surface area contributed by atoms with Crippen LogP contribution in [0.3, 0.4) is 0 Å². The molecule has 112 heavy (non-hydrogen) atoms. The molecule has 30 nitrogen and oxygen atoms in total. The number of ether oxygens (including phenoxy) is 3. The SMILES string of the molecule is CCCCCCCCCCN(Cc1c(O)cc2c(c1O)-c1cc(ccc1O)[C@H]1NC(=O)[C@@H]3NC(=O)[C@H]4NC(=O)[C@@H](Cc5ccc(c(Cl)c5)Oc5cc3cc(c5O)Oc3ccc(cc3Cl)[C@@H](O)[C@H](NC1=O)C(=O)N[C@@H]2C(=O)NCCCN(C)C)NC(=O)[C@H](N)c1ccc(O)c(c1)Oc1cc(O)cc4c1)C(=O)[C@@H](N)CCCCN. The summed E-state index contributed by atoms with van der Waals surface area (Å²) in [6.07, 6.45) is 6.45. The van der Waals surface area contributed by atoms with Crippen LogP contribution in [0.5, 0.6) is 69.0 Å². The fourth-order valence-corrected chi connectivity index (χ4v) is 14.4. The van der Waals surface area contributed by atoms with Gasteiger partial charge < -0.3 is 114 Å². The number of nitrogens with one attached hydrogen (secondary N) is 7. The van der Waals surface area contributed by atoms with Gasteiger partial charge in [0, 0.05) is 36.7 Å². The van der Waals surface area contributed by atoms with E-state index < -0.39 is 165 Å². The number of halogens is 2. The number of phenols is 6. The molecule has 0 aliphatic carbocycles. The third-order valence-electron chi connectivity index (χ3n) is 20.1. The number of fused-ring (bicyclic) bond motifs is 14. The van der Waals surface area contributed by atoms with Gasteiger partial charge in [0.1, 0.15) is 88.6 Å². The summed E-state index contributed by atoms with van der Waals surface area (Å²) in [5.74, 6) is -14.6. The van der Waals surface area contributed by atoms with Crippen LogP contribution in [0, 0.1) is 0 Å². The van der Waals surface area contributed by atoms with Crippen LogP contribution < -0.4 is 68.6 Å². The minimum absolute atomic E-state index is 0.00847. The van der Waals surface area contributed by atoms with Gasteiger partial charge in [-0.05, 0) is 171 Å². The Morgan fingerprint density at radius 2 is 1.17 bits per heavy atom. The van der Waals surface area contributed by atoms with E-state index in [2.05, 4.69) is 44.1 Å². The highest BCUT2D eigenvalue weighted by molar-refractivity contribution is 6.32. The van der Waals surface area contributed by atoms with Crippen molar-refractivity contribution >= 4 is 70.5 Å². The number of nitrogens with two attached hydrogens (primary N) is 3. The van der Waals surface area contributed by atoms with E-state index in [0.29, 0.717) is 50.8 Å². The molecule has 7 aromatic carbocycles. The van der Waals surface area contributed by atoms with Crippen LogP contribution >= 0.6 is 23.2 Å². The molecule has 0 saturated carbocycles. The molecule has 6 aliphatic rings. The lowest BCUT2D eigenvalue weighted by molar-refractivity contribution is -0.137. The van der Waals surface area contributed by atoms with E-state index in [1.165, 1.54) is 71.6 Å². The molecular weight excluding hydrogens is 1490 g/mol. The number of unbranched alkanes of at least 4 members (excludes halogenated alkanes) is 8. The number of amides is 8. The number of carbonyl (C=O) groups is 8. The summed E-state index contributed by atoms with van der Waals surface area (Å²) in [5.41, 5.74) is 16.8. The van der Waals surface area contributed by atoms with Crippen LogP contribution in [0.15, 0.2) is 109 Å². The highest BCUT2D eigenvalue weighted by Crippen LogP contribution is 2.50. The zero-order valence-corrected chi connectivity index (χ0v) is 63.3. The van der Waals surface area contributed by atoms with Crippen LogP contribution in [-0.4, -0.2) is 151 Å². The number of benzene rings is 7. The Hall–Kier alpha value is -11.1. The van der Waals surface area contributed by atoms with Crippen LogP contribution in [-0.2, 0) is 51.3 Å². The number of hydrogen-bond acceptors (Lipinski definition) is 22. The fourth-order valence-electron chi connectivity index (χ4n) is 13.9. The van der Waals surface area contributed by atoms with Crippen LogP contribution in [0.25, 0.3) is 11.1 Å². The largest absolute Gasteiger partial charge is 0.508 e. The number of aliphatic hydroxyl groups is 1. The van der Waals surface area contributed by atoms with Gasteiger partial charge in [-0.2, -0.15) is 0 Å². The zero-order valence-electron chi connectivity index (χ0n) is 61.8. The van der Waals surface area contributed by atoms with Crippen molar-refractivity contribution in [3.63, 3.8) is 0 Å². The second-order valence-corrected chi connectivity index (χ2v) is 29.4. The normalized spacial score (nSPS) is 19.9. The minimum Gasteiger partial charge on any atom is -0.508 e. The van der Waals surface area contributed by atoms with E-state index in [-0.39, 0.29) is 97.9 Å². The molecule has 0 fully saturated rings. The van der Waals surface area contributed by atoms with Crippen molar-refractivity contribution in [3.8, 4) is 80.1 Å². The Morgan fingerprint density at radius 1 is 0.562 bits per heavy atom. The molecule has 6 heterocycles. The van der Waals surface area contributed by atoms with Gasteiger partial charge in [-0.25, -0.2) is 0 Å². The molecule has 0 unspecified atom stereocenters. The Labute approximate surface area is 655 Å². The molecule has 7 aromatic rings. The standard InChI is InChI=1S/C80H92Cl2N12O18/c1-4-5-6-7-8-9-10-13-27-94(80(109)53(84)15-11-12-24-83)39-50-57(98)38-49-63(71(50)100)48-32-42(18-20-55(48)96)65-76(105)92-69(79(108)91-68(49)75(104)86-25-14-26-93(2)3)70(99)43-19-23-59(52(82)33-43)112-62-36-45-35-61(72(62)101)111-58-22-16-40(28-51(58)81)29-54-73(102)88-66(77(106)90-67(45)78(107)89-65)44-30-46(95)37-47(31-44)110-60-34-41(17-21-56(60)97)64(85)74(103)87-54/h16-23,28,30-38,53-54,64-70,95-101H,4-15,24-27,29,39,83-85H2,1-3H3,(H,86,104)(H,87,103)(H,88,102)(H,89,107)(H,90,106)(H,91,108)(H,92,105)/t53-,54+,64+,65+,66-,67+,68-,69-,70+/m0/s1. The van der Waals surface area contributed by atoms with Gasteiger partial charge in [0.15, 0.2) is 23.0 Å². The van der Waals surface area contributed by atoms with Crippen LogP contribution in [0.1, 0.15) is 165 Å². The maximum atomic E-state index is 16.3. The lowest BCUT2D eigenvalue weighted by atomic mass is 9.87. The van der Waals surface area contributed by atoms with E-state index in [0.717, 1.165) is 81.0 Å². The molecule has 13 rings (SSSR count). The summed E-state index contributed by atoms with van der Waals surface area (Å²) in [7, 11) is 3.63. The van der Waals surface area contributed by atoms with Gasteiger partial charge in [-0.3, -0.25) is 38.4 Å². The van der Waals surface area contributed by atoms with Gasteiger partial charge in [-0.1, -0.05) is 106 Å². The smallest absolute Gasteiger partial charge is 0.248 e. The fraction of sp³-hybridized carbons (Fsp3) is 0.375. The third kappa shape index (κ3) is 19.1. The second kappa shape index (κ2) is 36.4. The van der Waals surface area contributed by atoms with Crippen molar-refractivity contribution in [2.75, 3.05) is 40.3 Å². The average Bonchev–Trinajstić information content (AvgIpc) is 0.754. The Balaban J connectivity index is 1.11. The van der Waals surface area contributed by atoms with Gasteiger partial charge >= 0.3 is 0 Å². The maximum Gasteiger partial charge on any atom is 0.248 e. The van der Waals surface area contributed by atoms with Crippen molar-refractivity contribution < 1.29 is 88.3 Å². The Bertz CT molecular complexity index is 4740. The van der Waals surface area contributed by atoms with Crippen molar-refractivity contribution in [2.24, 2.45) is 17.2 Å². The van der Waals surface area contributed by atoms with E-state index in [1.54, 1.807) is 0 Å². The lowest BCUT2D eigenvalue weighted by Crippen LogP contribution is -2.56. The molecule has 6 aliphatic heterocycles. The van der Waals surface area contributed by atoms with Gasteiger partial charge in [0.25, 0.3) is 0 Å². The average molecular weight is 1580 g/mol. The molecule has 20 N–H and O–H groups in total. The van der Waals surface area contributed by atoms with Crippen LogP contribution in [0.4, 0.5) is 0 Å².